The molecule has 0 fully saturated rings. The summed E-state index contributed by atoms with van der Waals surface area (Å²) in [4.78, 5) is 6.68. The average Bonchev–Trinajstić information content (AvgIpc) is 3.12. The highest BCUT2D eigenvalue weighted by Gasteiger charge is 2.27. The van der Waals surface area contributed by atoms with Crippen molar-refractivity contribution in [1.82, 2.24) is 14.5 Å². The van der Waals surface area contributed by atoms with Gasteiger partial charge in [0, 0.05) is 42.1 Å². The number of hydrogen-bond donors (Lipinski definition) is 0. The van der Waals surface area contributed by atoms with Crippen LogP contribution in [0.1, 0.15) is 22.7 Å². The minimum atomic E-state index is 0.297. The van der Waals surface area contributed by atoms with Crippen molar-refractivity contribution in [3.63, 3.8) is 0 Å². The van der Waals surface area contributed by atoms with Crippen LogP contribution < -0.4 is 0 Å². The molecular weight excluding hydrogens is 353 g/mol. The molecule has 25 heavy (non-hydrogen) atoms. The Morgan fingerprint density at radius 1 is 1.12 bits per heavy atom. The van der Waals surface area contributed by atoms with E-state index in [1.807, 2.05) is 36.9 Å². The Kier molecular flexibility index (Phi) is 4.80. The molecule has 1 atom stereocenters. The zero-order valence-electron chi connectivity index (χ0n) is 13.8. The van der Waals surface area contributed by atoms with Crippen LogP contribution in [0, 0.1) is 0 Å². The highest BCUT2D eigenvalue weighted by molar-refractivity contribution is 6.35. The van der Waals surface area contributed by atoms with Crippen LogP contribution in [0.3, 0.4) is 0 Å². The maximum Gasteiger partial charge on any atom is 0.0946 e. The van der Waals surface area contributed by atoms with E-state index in [1.54, 1.807) is 0 Å². The molecule has 1 unspecified atom stereocenters. The molecule has 0 amide bonds. The van der Waals surface area contributed by atoms with Crippen molar-refractivity contribution < 1.29 is 0 Å². The van der Waals surface area contributed by atoms with Crippen molar-refractivity contribution in [3.8, 4) is 0 Å². The fourth-order valence-corrected chi connectivity index (χ4v) is 4.04. The number of halogens is 2. The molecule has 0 bridgehead atoms. The number of aromatic nitrogens is 2. The fraction of sp³-hybridized carbons (Fsp3) is 0.250. The Morgan fingerprint density at radius 3 is 2.80 bits per heavy atom. The van der Waals surface area contributed by atoms with Gasteiger partial charge in [-0.2, -0.15) is 0 Å². The molecule has 5 heteroatoms. The molecule has 4 rings (SSSR count). The van der Waals surface area contributed by atoms with Gasteiger partial charge < -0.3 is 4.57 Å². The molecular formula is C20H19Cl2N3. The summed E-state index contributed by atoms with van der Waals surface area (Å²) in [7, 11) is 0. The van der Waals surface area contributed by atoms with E-state index in [2.05, 4.69) is 38.7 Å². The lowest BCUT2D eigenvalue weighted by Crippen LogP contribution is -2.37. The quantitative estimate of drug-likeness (QED) is 0.643. The molecule has 0 radical (unpaired) electrons. The first-order valence-corrected chi connectivity index (χ1v) is 9.18. The van der Waals surface area contributed by atoms with Crippen LogP contribution in [-0.4, -0.2) is 21.0 Å². The van der Waals surface area contributed by atoms with Crippen LogP contribution in [0.25, 0.3) is 0 Å². The van der Waals surface area contributed by atoms with Gasteiger partial charge in [-0.05, 0) is 35.2 Å². The molecule has 0 N–H and O–H groups in total. The van der Waals surface area contributed by atoms with Crippen LogP contribution in [0.2, 0.25) is 10.0 Å². The van der Waals surface area contributed by atoms with E-state index < -0.39 is 0 Å². The average molecular weight is 372 g/mol. The second-order valence-corrected chi connectivity index (χ2v) is 7.27. The summed E-state index contributed by atoms with van der Waals surface area (Å²) in [5.41, 5.74) is 3.94. The summed E-state index contributed by atoms with van der Waals surface area (Å²) in [6.07, 6.45) is 6.78. The first-order chi connectivity index (χ1) is 12.2. The first-order valence-electron chi connectivity index (χ1n) is 8.42. The lowest BCUT2D eigenvalue weighted by atomic mass is 9.92. The lowest BCUT2D eigenvalue weighted by Gasteiger charge is -2.37. The Morgan fingerprint density at radius 2 is 2.00 bits per heavy atom. The molecule has 0 saturated carbocycles. The third kappa shape index (κ3) is 3.59. The standard InChI is InChI=1S/C20H19Cl2N3/c21-17-6-5-16(19(22)11-17)12-25-9-7-15-3-1-2-4-18(15)20(25)13-24-10-8-23-14-24/h1-6,8,10-11,14,20H,7,9,12-13H2. The lowest BCUT2D eigenvalue weighted by molar-refractivity contribution is 0.158. The molecule has 0 saturated heterocycles. The smallest absolute Gasteiger partial charge is 0.0946 e. The van der Waals surface area contributed by atoms with E-state index in [9.17, 15) is 0 Å². The normalized spacial score (nSPS) is 17.4. The van der Waals surface area contributed by atoms with Gasteiger partial charge in [0.15, 0.2) is 0 Å². The van der Waals surface area contributed by atoms with Gasteiger partial charge in [-0.25, -0.2) is 4.98 Å². The highest BCUT2D eigenvalue weighted by atomic mass is 35.5. The van der Waals surface area contributed by atoms with E-state index in [0.717, 1.165) is 36.6 Å². The van der Waals surface area contributed by atoms with Gasteiger partial charge in [0.1, 0.15) is 0 Å². The number of benzene rings is 2. The number of nitrogens with zero attached hydrogens (tertiary/aromatic N) is 3. The summed E-state index contributed by atoms with van der Waals surface area (Å²) in [5.74, 6) is 0. The molecule has 1 aliphatic heterocycles. The van der Waals surface area contributed by atoms with Gasteiger partial charge in [-0.1, -0.05) is 53.5 Å². The van der Waals surface area contributed by atoms with Gasteiger partial charge in [-0.3, -0.25) is 4.90 Å². The molecule has 3 aromatic rings. The molecule has 0 spiro atoms. The number of fused-ring (bicyclic) bond motifs is 1. The van der Waals surface area contributed by atoms with Crippen LogP contribution in [0.15, 0.2) is 61.2 Å². The molecule has 3 nitrogen and oxygen atoms in total. The monoisotopic (exact) mass is 371 g/mol. The minimum Gasteiger partial charge on any atom is -0.336 e. The predicted octanol–water partition coefficient (Wildman–Crippen LogP) is 4.99. The Hall–Kier alpha value is -1.81. The Labute approximate surface area is 157 Å². The fourth-order valence-electron chi connectivity index (χ4n) is 3.57. The van der Waals surface area contributed by atoms with Gasteiger partial charge in [-0.15, -0.1) is 0 Å². The van der Waals surface area contributed by atoms with Gasteiger partial charge >= 0.3 is 0 Å². The highest BCUT2D eigenvalue weighted by Crippen LogP contribution is 2.33. The minimum absolute atomic E-state index is 0.297. The maximum absolute atomic E-state index is 6.41. The van der Waals surface area contributed by atoms with E-state index >= 15 is 0 Å². The van der Waals surface area contributed by atoms with Gasteiger partial charge in [0.25, 0.3) is 0 Å². The molecule has 2 heterocycles. The van der Waals surface area contributed by atoms with Crippen LogP contribution in [0.4, 0.5) is 0 Å². The molecule has 1 aromatic heterocycles. The van der Waals surface area contributed by atoms with Crippen molar-refractivity contribution in [3.05, 3.63) is 87.9 Å². The zero-order chi connectivity index (χ0) is 17.2. The van der Waals surface area contributed by atoms with Gasteiger partial charge in [0.05, 0.1) is 12.4 Å². The van der Waals surface area contributed by atoms with Crippen molar-refractivity contribution in [1.29, 1.82) is 0 Å². The van der Waals surface area contributed by atoms with E-state index in [-0.39, 0.29) is 0 Å². The topological polar surface area (TPSA) is 21.1 Å². The maximum atomic E-state index is 6.41. The van der Waals surface area contributed by atoms with E-state index in [1.165, 1.54) is 11.1 Å². The Bertz CT molecular complexity index is 861. The number of imidazole rings is 1. The Balaban J connectivity index is 1.65. The first kappa shape index (κ1) is 16.6. The summed E-state index contributed by atoms with van der Waals surface area (Å²) in [5, 5.41) is 1.40. The van der Waals surface area contributed by atoms with E-state index in [0.29, 0.717) is 11.1 Å². The summed E-state index contributed by atoms with van der Waals surface area (Å²) in [6, 6.07) is 14.8. The molecule has 2 aromatic carbocycles. The summed E-state index contributed by atoms with van der Waals surface area (Å²) in [6.45, 7) is 2.70. The molecule has 1 aliphatic rings. The van der Waals surface area contributed by atoms with Crippen molar-refractivity contribution in [2.75, 3.05) is 6.54 Å². The summed E-state index contributed by atoms with van der Waals surface area (Å²) < 4.78 is 2.14. The van der Waals surface area contributed by atoms with Crippen molar-refractivity contribution in [2.24, 2.45) is 0 Å². The predicted molar refractivity (Wildman–Crippen MR) is 102 cm³/mol. The van der Waals surface area contributed by atoms with Crippen molar-refractivity contribution >= 4 is 23.2 Å². The van der Waals surface area contributed by atoms with Crippen LogP contribution in [-0.2, 0) is 19.5 Å². The van der Waals surface area contributed by atoms with Crippen LogP contribution >= 0.6 is 23.2 Å². The second-order valence-electron chi connectivity index (χ2n) is 6.43. The molecule has 0 aliphatic carbocycles. The largest absolute Gasteiger partial charge is 0.336 e. The van der Waals surface area contributed by atoms with Crippen molar-refractivity contribution in [2.45, 2.75) is 25.6 Å². The van der Waals surface area contributed by atoms with E-state index in [4.69, 9.17) is 23.2 Å². The number of hydrogen-bond acceptors (Lipinski definition) is 2. The number of rotatable bonds is 4. The zero-order valence-corrected chi connectivity index (χ0v) is 15.3. The van der Waals surface area contributed by atoms with Gasteiger partial charge in [0.2, 0.25) is 0 Å². The second kappa shape index (κ2) is 7.20. The summed E-state index contributed by atoms with van der Waals surface area (Å²) >= 11 is 12.5. The third-order valence-electron chi connectivity index (χ3n) is 4.85. The van der Waals surface area contributed by atoms with Crippen LogP contribution in [0.5, 0.6) is 0 Å². The third-order valence-corrected chi connectivity index (χ3v) is 5.44. The molecule has 128 valence electrons. The SMILES string of the molecule is Clc1ccc(CN2CCc3ccccc3C2Cn2ccnc2)c(Cl)c1.